The molecule has 126 valence electrons. The minimum absolute atomic E-state index is 0.0366. The van der Waals surface area contributed by atoms with Gasteiger partial charge in [0.15, 0.2) is 4.90 Å². The molecule has 1 aliphatic heterocycles. The molecule has 0 spiro atoms. The van der Waals surface area contributed by atoms with Crippen LogP contribution < -0.4 is 4.74 Å². The van der Waals surface area contributed by atoms with E-state index >= 15 is 0 Å². The van der Waals surface area contributed by atoms with E-state index in [1.165, 1.54) is 41.0 Å². The first kappa shape index (κ1) is 16.0. The summed E-state index contributed by atoms with van der Waals surface area (Å²) >= 11 is 0. The Labute approximate surface area is 146 Å². The summed E-state index contributed by atoms with van der Waals surface area (Å²) in [6, 6.07) is 12.7. The molecule has 1 saturated heterocycles. The molecule has 0 unspecified atom stereocenters. The van der Waals surface area contributed by atoms with Gasteiger partial charge in [0.2, 0.25) is 0 Å². The molecular weight excluding hydrogens is 316 g/mol. The predicted molar refractivity (Wildman–Crippen MR) is 101 cm³/mol. The summed E-state index contributed by atoms with van der Waals surface area (Å²) in [5.74, 6) is 3.43. The average molecular weight is 341 g/mol. The Morgan fingerprint density at radius 1 is 0.875 bits per heavy atom. The Morgan fingerprint density at radius 2 is 1.58 bits per heavy atom. The molecule has 24 heavy (non-hydrogen) atoms. The first-order valence-electron chi connectivity index (χ1n) is 9.24. The van der Waals surface area contributed by atoms with Crippen LogP contribution in [0.25, 0.3) is 10.8 Å². The highest BCUT2D eigenvalue weighted by molar-refractivity contribution is 7.97. The van der Waals surface area contributed by atoms with Crippen molar-refractivity contribution in [1.82, 2.24) is 0 Å². The first-order chi connectivity index (χ1) is 11.8. The van der Waals surface area contributed by atoms with Crippen molar-refractivity contribution in [2.75, 3.05) is 11.5 Å². The van der Waals surface area contributed by atoms with Crippen LogP contribution in [0.15, 0.2) is 41.3 Å². The fourth-order valence-corrected chi connectivity index (χ4v) is 6.49. The number of hydrogen-bond donors (Lipinski definition) is 0. The minimum Gasteiger partial charge on any atom is -0.426 e. The van der Waals surface area contributed by atoms with Gasteiger partial charge in [-0.05, 0) is 50.3 Å². The van der Waals surface area contributed by atoms with Crippen molar-refractivity contribution in [1.29, 1.82) is 0 Å². The second-order valence-corrected chi connectivity index (χ2v) is 9.21. The molecule has 0 bridgehead atoms. The zero-order chi connectivity index (χ0) is 16.4. The molecule has 0 aromatic heterocycles. The number of esters is 1. The monoisotopic (exact) mass is 341 g/mol. The highest BCUT2D eigenvalue weighted by Gasteiger charge is 2.29. The van der Waals surface area contributed by atoms with Crippen molar-refractivity contribution in [3.63, 3.8) is 0 Å². The summed E-state index contributed by atoms with van der Waals surface area (Å²) < 4.78 is 5.82. The van der Waals surface area contributed by atoms with Crippen molar-refractivity contribution in [2.45, 2.75) is 49.8 Å². The van der Waals surface area contributed by atoms with E-state index < -0.39 is 0 Å². The summed E-state index contributed by atoms with van der Waals surface area (Å²) in [6.07, 6.45) is 8.34. The first-order valence-corrected chi connectivity index (χ1v) is 10.8. The fourth-order valence-electron chi connectivity index (χ4n) is 3.99. The van der Waals surface area contributed by atoms with E-state index in [1.54, 1.807) is 0 Å². The van der Waals surface area contributed by atoms with Crippen LogP contribution in [0.3, 0.4) is 0 Å². The number of carbonyl (C=O) groups is 1. The van der Waals surface area contributed by atoms with Gasteiger partial charge in [-0.2, -0.15) is 0 Å². The molecule has 2 aromatic rings. The summed E-state index contributed by atoms with van der Waals surface area (Å²) in [4.78, 5) is 13.9. The summed E-state index contributed by atoms with van der Waals surface area (Å²) in [5, 5.41) is 2.37. The van der Waals surface area contributed by atoms with Crippen LogP contribution in [-0.2, 0) is 15.7 Å². The van der Waals surface area contributed by atoms with Crippen molar-refractivity contribution >= 4 is 27.6 Å². The zero-order valence-corrected chi connectivity index (χ0v) is 14.9. The summed E-state index contributed by atoms with van der Waals surface area (Å²) in [7, 11) is 0.354. The Morgan fingerprint density at radius 3 is 2.33 bits per heavy atom. The number of benzene rings is 2. The van der Waals surface area contributed by atoms with E-state index in [4.69, 9.17) is 4.74 Å². The van der Waals surface area contributed by atoms with Gasteiger partial charge >= 0.3 is 5.97 Å². The Hall–Kier alpha value is -1.48. The molecule has 1 heterocycles. The minimum atomic E-state index is -0.0366. The lowest BCUT2D eigenvalue weighted by atomic mass is 10.1. The lowest BCUT2D eigenvalue weighted by molar-refractivity contribution is -0.138. The van der Waals surface area contributed by atoms with Gasteiger partial charge in [0.1, 0.15) is 17.3 Å². The van der Waals surface area contributed by atoms with E-state index in [0.717, 1.165) is 36.8 Å². The molecule has 0 amide bonds. The molecule has 2 fully saturated rings. The maximum Gasteiger partial charge on any atom is 0.314 e. The number of ether oxygens (including phenoxy) is 1. The van der Waals surface area contributed by atoms with Crippen LogP contribution in [0.2, 0.25) is 0 Å². The van der Waals surface area contributed by atoms with Crippen LogP contribution >= 0.6 is 0 Å². The molecular formula is C21H25O2S+. The average Bonchev–Trinajstić information content (AvgIpc) is 3.17. The highest BCUT2D eigenvalue weighted by Crippen LogP contribution is 2.35. The summed E-state index contributed by atoms with van der Waals surface area (Å²) in [6.45, 7) is 0. The molecule has 2 aromatic carbocycles. The van der Waals surface area contributed by atoms with E-state index in [9.17, 15) is 4.79 Å². The molecule has 3 heteroatoms. The predicted octanol–water partition coefficient (Wildman–Crippen LogP) is 5.10. The second-order valence-electron chi connectivity index (χ2n) is 6.97. The number of rotatable bonds is 3. The lowest BCUT2D eigenvalue weighted by Gasteiger charge is -2.16. The normalized spacial score (nSPS) is 19.7. The molecule has 2 aliphatic rings. The van der Waals surface area contributed by atoms with Gasteiger partial charge in [0.25, 0.3) is 0 Å². The van der Waals surface area contributed by atoms with Crippen LogP contribution in [0.4, 0.5) is 0 Å². The van der Waals surface area contributed by atoms with Gasteiger partial charge in [-0.25, -0.2) is 0 Å². The van der Waals surface area contributed by atoms with E-state index in [-0.39, 0.29) is 11.9 Å². The number of hydrogen-bond acceptors (Lipinski definition) is 2. The van der Waals surface area contributed by atoms with Crippen molar-refractivity contribution in [2.24, 2.45) is 5.92 Å². The smallest absolute Gasteiger partial charge is 0.314 e. The molecule has 1 aliphatic carbocycles. The third-order valence-electron chi connectivity index (χ3n) is 5.34. The lowest BCUT2D eigenvalue weighted by Crippen LogP contribution is -2.19. The van der Waals surface area contributed by atoms with Crippen LogP contribution in [0.1, 0.15) is 44.9 Å². The SMILES string of the molecule is O=C(Oc1ccc([S+]2CCCCC2)c2ccccc12)C1CCCC1. The van der Waals surface area contributed by atoms with Gasteiger partial charge in [-0.3, -0.25) is 4.79 Å². The van der Waals surface area contributed by atoms with E-state index in [0.29, 0.717) is 10.9 Å². The Balaban J connectivity index is 1.66. The highest BCUT2D eigenvalue weighted by atomic mass is 32.2. The zero-order valence-electron chi connectivity index (χ0n) is 14.1. The maximum absolute atomic E-state index is 12.4. The van der Waals surface area contributed by atoms with Crippen LogP contribution in [0.5, 0.6) is 5.75 Å². The third-order valence-corrected chi connectivity index (χ3v) is 7.88. The van der Waals surface area contributed by atoms with E-state index in [1.807, 2.05) is 12.1 Å². The third kappa shape index (κ3) is 3.19. The van der Waals surface area contributed by atoms with Gasteiger partial charge in [-0.15, -0.1) is 0 Å². The van der Waals surface area contributed by atoms with Gasteiger partial charge < -0.3 is 4.74 Å². The number of carbonyl (C=O) groups excluding carboxylic acids is 1. The maximum atomic E-state index is 12.4. The molecule has 0 atom stereocenters. The standard InChI is InChI=1S/C21H25O2S/c22-21(16-8-2-3-9-16)23-19-12-13-20(24-14-6-1-7-15-24)18-11-5-4-10-17(18)19/h4-5,10-13,16H,1-3,6-9,14-15H2/q+1. The Bertz CT molecular complexity index is 728. The summed E-state index contributed by atoms with van der Waals surface area (Å²) in [5.41, 5.74) is 0. The molecule has 1 saturated carbocycles. The number of fused-ring (bicyclic) bond motifs is 1. The van der Waals surface area contributed by atoms with Crippen molar-refractivity contribution in [3.05, 3.63) is 36.4 Å². The van der Waals surface area contributed by atoms with Crippen molar-refractivity contribution in [3.8, 4) is 5.75 Å². The van der Waals surface area contributed by atoms with Crippen molar-refractivity contribution < 1.29 is 9.53 Å². The molecule has 0 N–H and O–H groups in total. The van der Waals surface area contributed by atoms with Crippen LogP contribution in [-0.4, -0.2) is 17.5 Å². The topological polar surface area (TPSA) is 26.3 Å². The van der Waals surface area contributed by atoms with Gasteiger partial charge in [0.05, 0.1) is 5.92 Å². The fraction of sp³-hybridized carbons (Fsp3) is 0.476. The largest absolute Gasteiger partial charge is 0.426 e. The molecule has 4 rings (SSSR count). The van der Waals surface area contributed by atoms with Gasteiger partial charge in [0, 0.05) is 21.7 Å². The second kappa shape index (κ2) is 7.18. The van der Waals surface area contributed by atoms with Crippen LogP contribution in [0, 0.1) is 5.92 Å². The molecule has 2 nitrogen and oxygen atoms in total. The van der Waals surface area contributed by atoms with Gasteiger partial charge in [-0.1, -0.05) is 31.0 Å². The van der Waals surface area contributed by atoms with E-state index in [2.05, 4.69) is 24.3 Å². The molecule has 0 radical (unpaired) electrons. The quantitative estimate of drug-likeness (QED) is 0.441. The Kier molecular flexibility index (Phi) is 4.79.